The predicted octanol–water partition coefficient (Wildman–Crippen LogP) is 2.01. The Balaban J connectivity index is 2.22. The van der Waals surface area contributed by atoms with Gasteiger partial charge in [-0.25, -0.2) is 0 Å². The number of tetrazole rings is 1. The third-order valence-corrected chi connectivity index (χ3v) is 3.37. The molecule has 1 aromatic carbocycles. The molecule has 0 saturated heterocycles. The van der Waals surface area contributed by atoms with Gasteiger partial charge in [-0.05, 0) is 29.1 Å². The summed E-state index contributed by atoms with van der Waals surface area (Å²) < 4.78 is 1.79. The Hall–Kier alpha value is -2.01. The van der Waals surface area contributed by atoms with Crippen molar-refractivity contribution in [2.24, 2.45) is 5.41 Å². The van der Waals surface area contributed by atoms with Gasteiger partial charge in [-0.3, -0.25) is 0 Å². The summed E-state index contributed by atoms with van der Waals surface area (Å²) in [5.41, 5.74) is 0.902. The number of rotatable bonds is 7. The topological polar surface area (TPSA) is 55.6 Å². The molecule has 0 saturated carbocycles. The third-order valence-electron chi connectivity index (χ3n) is 3.37. The van der Waals surface area contributed by atoms with Crippen molar-refractivity contribution in [3.8, 4) is 5.69 Å². The maximum atomic E-state index is 4.16. The SMILES string of the molecule is C=CC(C)(CNCC)Cc1nnnn1-c1ccccc1. The lowest BCUT2D eigenvalue weighted by Crippen LogP contribution is -2.32. The second-order valence-electron chi connectivity index (χ2n) is 5.16. The van der Waals surface area contributed by atoms with E-state index in [1.165, 1.54) is 0 Å². The Morgan fingerprint density at radius 3 is 2.75 bits per heavy atom. The zero-order valence-corrected chi connectivity index (χ0v) is 12.1. The van der Waals surface area contributed by atoms with E-state index >= 15 is 0 Å². The molecule has 1 atom stereocenters. The van der Waals surface area contributed by atoms with Crippen LogP contribution in [0.4, 0.5) is 0 Å². The quantitative estimate of drug-likeness (QED) is 0.783. The fourth-order valence-electron chi connectivity index (χ4n) is 2.06. The largest absolute Gasteiger partial charge is 0.316 e. The van der Waals surface area contributed by atoms with Crippen molar-refractivity contribution in [3.05, 3.63) is 48.8 Å². The highest BCUT2D eigenvalue weighted by Crippen LogP contribution is 2.22. The van der Waals surface area contributed by atoms with Gasteiger partial charge in [-0.2, -0.15) is 4.68 Å². The van der Waals surface area contributed by atoms with Crippen LogP contribution < -0.4 is 5.32 Å². The molecule has 0 aliphatic rings. The molecule has 0 aliphatic heterocycles. The van der Waals surface area contributed by atoms with Crippen LogP contribution in [-0.4, -0.2) is 33.3 Å². The molecular weight excluding hydrogens is 250 g/mol. The van der Waals surface area contributed by atoms with E-state index in [-0.39, 0.29) is 5.41 Å². The molecule has 0 amide bonds. The summed E-state index contributed by atoms with van der Waals surface area (Å²) in [7, 11) is 0. The summed E-state index contributed by atoms with van der Waals surface area (Å²) in [5.74, 6) is 0.844. The molecule has 0 spiro atoms. The van der Waals surface area contributed by atoms with Crippen LogP contribution in [0.3, 0.4) is 0 Å². The number of nitrogens with one attached hydrogen (secondary N) is 1. The second-order valence-corrected chi connectivity index (χ2v) is 5.16. The molecule has 5 heteroatoms. The van der Waals surface area contributed by atoms with E-state index in [0.29, 0.717) is 0 Å². The van der Waals surface area contributed by atoms with E-state index in [1.54, 1.807) is 4.68 Å². The number of para-hydroxylation sites is 1. The molecule has 106 valence electrons. The van der Waals surface area contributed by atoms with Gasteiger partial charge in [-0.15, -0.1) is 11.7 Å². The number of nitrogens with zero attached hydrogens (tertiary/aromatic N) is 4. The molecule has 1 unspecified atom stereocenters. The van der Waals surface area contributed by atoms with E-state index < -0.39 is 0 Å². The van der Waals surface area contributed by atoms with Gasteiger partial charge in [-0.1, -0.05) is 38.1 Å². The lowest BCUT2D eigenvalue weighted by atomic mass is 9.86. The monoisotopic (exact) mass is 271 g/mol. The van der Waals surface area contributed by atoms with Crippen LogP contribution in [0.25, 0.3) is 5.69 Å². The van der Waals surface area contributed by atoms with Crippen LogP contribution in [0.1, 0.15) is 19.7 Å². The van der Waals surface area contributed by atoms with E-state index in [0.717, 1.165) is 31.0 Å². The van der Waals surface area contributed by atoms with Gasteiger partial charge in [0.2, 0.25) is 0 Å². The van der Waals surface area contributed by atoms with Crippen LogP contribution in [0.2, 0.25) is 0 Å². The third kappa shape index (κ3) is 3.30. The lowest BCUT2D eigenvalue weighted by molar-refractivity contribution is 0.384. The van der Waals surface area contributed by atoms with Crippen LogP contribution >= 0.6 is 0 Å². The fraction of sp³-hybridized carbons (Fsp3) is 0.400. The molecule has 1 aromatic heterocycles. The highest BCUT2D eigenvalue weighted by atomic mass is 15.5. The number of hydrogen-bond donors (Lipinski definition) is 1. The molecule has 1 N–H and O–H groups in total. The highest BCUT2D eigenvalue weighted by Gasteiger charge is 2.24. The lowest BCUT2D eigenvalue weighted by Gasteiger charge is -2.25. The molecule has 0 fully saturated rings. The first-order valence-electron chi connectivity index (χ1n) is 6.85. The Bertz CT molecular complexity index is 548. The van der Waals surface area contributed by atoms with Gasteiger partial charge in [0.1, 0.15) is 0 Å². The van der Waals surface area contributed by atoms with E-state index in [9.17, 15) is 0 Å². The average Bonchev–Trinajstić information content (AvgIpc) is 2.94. The first-order valence-corrected chi connectivity index (χ1v) is 6.85. The molecule has 0 aliphatic carbocycles. The molecule has 5 nitrogen and oxygen atoms in total. The molecule has 2 rings (SSSR count). The van der Waals surface area contributed by atoms with Crippen LogP contribution in [0.5, 0.6) is 0 Å². The fourth-order valence-corrected chi connectivity index (χ4v) is 2.06. The maximum Gasteiger partial charge on any atom is 0.157 e. The molecule has 1 heterocycles. The Morgan fingerprint density at radius 1 is 1.35 bits per heavy atom. The minimum absolute atomic E-state index is 0.0722. The number of aromatic nitrogens is 4. The van der Waals surface area contributed by atoms with Gasteiger partial charge < -0.3 is 5.32 Å². The minimum atomic E-state index is -0.0722. The van der Waals surface area contributed by atoms with E-state index in [1.807, 2.05) is 36.4 Å². The van der Waals surface area contributed by atoms with Crippen molar-refractivity contribution >= 4 is 0 Å². The van der Waals surface area contributed by atoms with E-state index in [2.05, 4.69) is 41.3 Å². The van der Waals surface area contributed by atoms with Gasteiger partial charge in [0.15, 0.2) is 5.82 Å². The zero-order valence-electron chi connectivity index (χ0n) is 12.1. The molecule has 0 bridgehead atoms. The average molecular weight is 271 g/mol. The first-order chi connectivity index (χ1) is 9.68. The molecule has 0 radical (unpaired) electrons. The Morgan fingerprint density at radius 2 is 2.10 bits per heavy atom. The van der Waals surface area contributed by atoms with Gasteiger partial charge in [0.05, 0.1) is 5.69 Å². The Kier molecular flexibility index (Phi) is 4.63. The van der Waals surface area contributed by atoms with Gasteiger partial charge in [0.25, 0.3) is 0 Å². The summed E-state index contributed by atoms with van der Waals surface area (Å²) in [6, 6.07) is 9.93. The maximum absolute atomic E-state index is 4.16. The van der Waals surface area contributed by atoms with Crippen molar-refractivity contribution in [2.45, 2.75) is 20.3 Å². The first kappa shape index (κ1) is 14.4. The van der Waals surface area contributed by atoms with Gasteiger partial charge >= 0.3 is 0 Å². The minimum Gasteiger partial charge on any atom is -0.316 e. The summed E-state index contributed by atoms with van der Waals surface area (Å²) >= 11 is 0. The summed E-state index contributed by atoms with van der Waals surface area (Å²) in [6.07, 6.45) is 2.71. The summed E-state index contributed by atoms with van der Waals surface area (Å²) in [4.78, 5) is 0. The second kappa shape index (κ2) is 6.43. The van der Waals surface area contributed by atoms with Crippen LogP contribution in [0, 0.1) is 5.41 Å². The smallest absolute Gasteiger partial charge is 0.157 e. The highest BCUT2D eigenvalue weighted by molar-refractivity contribution is 5.30. The molecule has 20 heavy (non-hydrogen) atoms. The summed E-state index contributed by atoms with van der Waals surface area (Å²) in [5, 5.41) is 15.4. The summed E-state index contributed by atoms with van der Waals surface area (Å²) in [6.45, 7) is 10.00. The predicted molar refractivity (Wildman–Crippen MR) is 79.7 cm³/mol. The van der Waals surface area contributed by atoms with Crippen LogP contribution in [-0.2, 0) is 6.42 Å². The van der Waals surface area contributed by atoms with Crippen molar-refractivity contribution in [1.29, 1.82) is 0 Å². The van der Waals surface area contributed by atoms with Crippen molar-refractivity contribution in [3.63, 3.8) is 0 Å². The zero-order chi connectivity index (χ0) is 14.4. The van der Waals surface area contributed by atoms with E-state index in [4.69, 9.17) is 0 Å². The molecule has 2 aromatic rings. The number of benzene rings is 1. The molecular formula is C15H21N5. The normalized spacial score (nSPS) is 13.9. The van der Waals surface area contributed by atoms with Crippen LogP contribution in [0.15, 0.2) is 43.0 Å². The van der Waals surface area contributed by atoms with Crippen molar-refractivity contribution < 1.29 is 0 Å². The van der Waals surface area contributed by atoms with Crippen molar-refractivity contribution in [2.75, 3.05) is 13.1 Å². The van der Waals surface area contributed by atoms with Gasteiger partial charge in [0, 0.05) is 18.4 Å². The number of hydrogen-bond acceptors (Lipinski definition) is 4. The van der Waals surface area contributed by atoms with Crippen molar-refractivity contribution in [1.82, 2.24) is 25.5 Å². The standard InChI is InChI=1S/C15H21N5/c1-4-15(3,12-16-5-2)11-14-17-18-19-20(14)13-9-7-6-8-10-13/h4,6-10,16H,1,5,11-12H2,2-3H3. The Labute approximate surface area is 119 Å².